The Morgan fingerprint density at radius 2 is 1.48 bits per heavy atom. The largest absolute Gasteiger partial charge is 0.493 e. The Labute approximate surface area is 147 Å². The number of carbonyl (C=O) groups is 1. The molecule has 0 amide bonds. The van der Waals surface area contributed by atoms with Gasteiger partial charge in [-0.3, -0.25) is 4.79 Å². The summed E-state index contributed by atoms with van der Waals surface area (Å²) >= 11 is 0. The monoisotopic (exact) mass is 345 g/mol. The van der Waals surface area contributed by atoms with E-state index in [0.29, 0.717) is 33.9 Å². The van der Waals surface area contributed by atoms with Gasteiger partial charge in [0.1, 0.15) is 0 Å². The van der Waals surface area contributed by atoms with Crippen LogP contribution in [-0.4, -0.2) is 39.2 Å². The van der Waals surface area contributed by atoms with Crippen LogP contribution in [0.3, 0.4) is 0 Å². The van der Waals surface area contributed by atoms with Gasteiger partial charge in [-0.25, -0.2) is 4.98 Å². The van der Waals surface area contributed by atoms with Gasteiger partial charge in [-0.1, -0.05) is 0 Å². The van der Waals surface area contributed by atoms with Crippen LogP contribution >= 0.6 is 0 Å². The first-order valence-corrected chi connectivity index (χ1v) is 7.75. The zero-order valence-corrected chi connectivity index (χ0v) is 15.6. The number of hydrogen-bond acceptors (Lipinski definition) is 6. The molecule has 0 saturated carbocycles. The first kappa shape index (κ1) is 18.6. The average Bonchev–Trinajstić information content (AvgIpc) is 2.61. The third-order valence-electron chi connectivity index (χ3n) is 4.23. The van der Waals surface area contributed by atoms with Crippen molar-refractivity contribution in [2.24, 2.45) is 0 Å². The molecule has 6 nitrogen and oxygen atoms in total. The molecular formula is C19H23NO5. The van der Waals surface area contributed by atoms with Crippen LogP contribution < -0.4 is 18.9 Å². The van der Waals surface area contributed by atoms with Crippen molar-refractivity contribution in [3.63, 3.8) is 0 Å². The second-order valence-corrected chi connectivity index (χ2v) is 5.62. The molecule has 0 bridgehead atoms. The fourth-order valence-electron chi connectivity index (χ4n) is 2.78. The molecule has 2 rings (SSSR count). The number of ether oxygens (including phenoxy) is 4. The van der Waals surface area contributed by atoms with Gasteiger partial charge in [-0.05, 0) is 43.5 Å². The van der Waals surface area contributed by atoms with E-state index >= 15 is 0 Å². The van der Waals surface area contributed by atoms with Gasteiger partial charge in [-0.15, -0.1) is 0 Å². The predicted molar refractivity (Wildman–Crippen MR) is 94.5 cm³/mol. The van der Waals surface area contributed by atoms with E-state index in [1.165, 1.54) is 28.4 Å². The van der Waals surface area contributed by atoms with E-state index in [0.717, 1.165) is 11.1 Å². The molecule has 0 spiro atoms. The number of carbonyl (C=O) groups excluding carboxylic acids is 1. The molecule has 0 atom stereocenters. The fraction of sp³-hybridized carbons (Fsp3) is 0.368. The van der Waals surface area contributed by atoms with Crippen LogP contribution in [0.4, 0.5) is 0 Å². The highest BCUT2D eigenvalue weighted by Crippen LogP contribution is 2.43. The van der Waals surface area contributed by atoms with Crippen molar-refractivity contribution in [2.45, 2.75) is 20.8 Å². The van der Waals surface area contributed by atoms with Crippen molar-refractivity contribution in [2.75, 3.05) is 28.4 Å². The maximum atomic E-state index is 13.4. The number of rotatable bonds is 6. The van der Waals surface area contributed by atoms with E-state index in [-0.39, 0.29) is 11.7 Å². The number of nitrogens with zero attached hydrogens (tertiary/aromatic N) is 1. The zero-order chi connectivity index (χ0) is 18.7. The van der Waals surface area contributed by atoms with Gasteiger partial charge >= 0.3 is 0 Å². The minimum Gasteiger partial charge on any atom is -0.493 e. The molecule has 0 aliphatic heterocycles. The SMILES string of the molecule is COc1cc(C)c(C(=O)c2c(OC)ncc(C)c2C)c(OC)c1OC. The second-order valence-electron chi connectivity index (χ2n) is 5.62. The first-order valence-electron chi connectivity index (χ1n) is 7.75. The highest BCUT2D eigenvalue weighted by molar-refractivity contribution is 6.14. The van der Waals surface area contributed by atoms with Crippen LogP contribution in [0.25, 0.3) is 0 Å². The Morgan fingerprint density at radius 1 is 0.840 bits per heavy atom. The summed E-state index contributed by atoms with van der Waals surface area (Å²) in [5.74, 6) is 1.24. The van der Waals surface area contributed by atoms with Crippen LogP contribution in [0.15, 0.2) is 12.3 Å². The van der Waals surface area contributed by atoms with Crippen molar-refractivity contribution < 1.29 is 23.7 Å². The summed E-state index contributed by atoms with van der Waals surface area (Å²) in [5.41, 5.74) is 3.24. The highest BCUT2D eigenvalue weighted by Gasteiger charge is 2.28. The van der Waals surface area contributed by atoms with Crippen LogP contribution in [0.1, 0.15) is 32.6 Å². The lowest BCUT2D eigenvalue weighted by Gasteiger charge is -2.19. The van der Waals surface area contributed by atoms with Gasteiger partial charge in [0.2, 0.25) is 17.4 Å². The third kappa shape index (κ3) is 3.12. The molecule has 0 radical (unpaired) electrons. The smallest absolute Gasteiger partial charge is 0.224 e. The maximum absolute atomic E-state index is 13.4. The minimum atomic E-state index is -0.235. The zero-order valence-electron chi connectivity index (χ0n) is 15.6. The van der Waals surface area contributed by atoms with Crippen molar-refractivity contribution in [3.05, 3.63) is 40.1 Å². The lowest BCUT2D eigenvalue weighted by molar-refractivity contribution is 0.103. The van der Waals surface area contributed by atoms with E-state index in [9.17, 15) is 4.79 Å². The Bertz CT molecular complexity index is 814. The highest BCUT2D eigenvalue weighted by atomic mass is 16.5. The number of pyridine rings is 1. The predicted octanol–water partition coefficient (Wildman–Crippen LogP) is 3.27. The van der Waals surface area contributed by atoms with Crippen LogP contribution in [0.2, 0.25) is 0 Å². The standard InChI is InChI=1S/C19H23NO5/c1-10-8-13(22-4)17(23-5)18(24-6)14(10)16(21)15-12(3)11(2)9-20-19(15)25-7/h8-9H,1-7H3. The van der Waals surface area contributed by atoms with Crippen LogP contribution in [0.5, 0.6) is 23.1 Å². The lowest BCUT2D eigenvalue weighted by Crippen LogP contribution is -2.13. The molecule has 25 heavy (non-hydrogen) atoms. The number of aromatic nitrogens is 1. The Balaban J connectivity index is 2.79. The summed E-state index contributed by atoms with van der Waals surface area (Å²) < 4.78 is 21.5. The van der Waals surface area contributed by atoms with Gasteiger partial charge < -0.3 is 18.9 Å². The lowest BCUT2D eigenvalue weighted by atomic mass is 9.94. The Hall–Kier alpha value is -2.76. The Morgan fingerprint density at radius 3 is 2.00 bits per heavy atom. The molecule has 134 valence electrons. The van der Waals surface area contributed by atoms with E-state index in [2.05, 4.69) is 4.98 Å². The molecule has 0 unspecified atom stereocenters. The van der Waals surface area contributed by atoms with Crippen molar-refractivity contribution in [1.82, 2.24) is 4.98 Å². The summed E-state index contributed by atoms with van der Waals surface area (Å²) in [7, 11) is 6.03. The normalized spacial score (nSPS) is 10.4. The molecule has 1 aromatic carbocycles. The van der Waals surface area contributed by atoms with Gasteiger partial charge in [-0.2, -0.15) is 0 Å². The molecule has 6 heteroatoms. The molecule has 1 heterocycles. The van der Waals surface area contributed by atoms with Crippen LogP contribution in [0, 0.1) is 20.8 Å². The summed E-state index contributed by atoms with van der Waals surface area (Å²) in [4.78, 5) is 17.6. The molecule has 0 aliphatic carbocycles. The number of aryl methyl sites for hydroxylation is 2. The molecule has 0 N–H and O–H groups in total. The van der Waals surface area contributed by atoms with E-state index in [1.54, 1.807) is 12.3 Å². The Kier molecular flexibility index (Phi) is 5.51. The number of ketones is 1. The van der Waals surface area contributed by atoms with Crippen molar-refractivity contribution in [3.8, 4) is 23.1 Å². The molecule has 2 aromatic rings. The summed E-state index contributed by atoms with van der Waals surface area (Å²) in [5, 5.41) is 0. The van der Waals surface area contributed by atoms with Crippen molar-refractivity contribution >= 4 is 5.78 Å². The molecule has 0 saturated heterocycles. The van der Waals surface area contributed by atoms with E-state index in [4.69, 9.17) is 18.9 Å². The third-order valence-corrected chi connectivity index (χ3v) is 4.23. The summed E-state index contributed by atoms with van der Waals surface area (Å²) in [6.45, 7) is 5.59. The van der Waals surface area contributed by atoms with Gasteiger partial charge in [0.15, 0.2) is 11.5 Å². The van der Waals surface area contributed by atoms with Crippen LogP contribution in [-0.2, 0) is 0 Å². The van der Waals surface area contributed by atoms with Gasteiger partial charge in [0, 0.05) is 6.20 Å². The fourth-order valence-corrected chi connectivity index (χ4v) is 2.78. The quantitative estimate of drug-likeness (QED) is 0.749. The van der Waals surface area contributed by atoms with E-state index in [1.807, 2.05) is 20.8 Å². The molecular weight excluding hydrogens is 322 g/mol. The number of benzene rings is 1. The summed E-state index contributed by atoms with van der Waals surface area (Å²) in [6, 6.07) is 1.75. The van der Waals surface area contributed by atoms with Gasteiger partial charge in [0.25, 0.3) is 0 Å². The maximum Gasteiger partial charge on any atom is 0.224 e. The number of hydrogen-bond donors (Lipinski definition) is 0. The second kappa shape index (κ2) is 7.42. The van der Waals surface area contributed by atoms with Gasteiger partial charge in [0.05, 0.1) is 39.6 Å². The van der Waals surface area contributed by atoms with Crippen molar-refractivity contribution in [1.29, 1.82) is 0 Å². The summed E-state index contributed by atoms with van der Waals surface area (Å²) in [6.07, 6.45) is 1.68. The van der Waals surface area contributed by atoms with E-state index < -0.39 is 0 Å². The minimum absolute atomic E-state index is 0.235. The number of methoxy groups -OCH3 is 4. The first-order chi connectivity index (χ1) is 11.9. The molecule has 0 fully saturated rings. The molecule has 1 aromatic heterocycles. The average molecular weight is 345 g/mol. The molecule has 0 aliphatic rings. The topological polar surface area (TPSA) is 66.9 Å².